The number of fused-ring (bicyclic) bond motifs is 1. The van der Waals surface area contributed by atoms with Crippen molar-refractivity contribution in [3.63, 3.8) is 0 Å². The van der Waals surface area contributed by atoms with Gasteiger partial charge in [0.2, 0.25) is 5.95 Å². The van der Waals surface area contributed by atoms with Crippen LogP contribution in [0.2, 0.25) is 5.15 Å². The Morgan fingerprint density at radius 2 is 1.97 bits per heavy atom. The molecule has 1 aromatic carbocycles. The molecule has 0 fully saturated rings. The summed E-state index contributed by atoms with van der Waals surface area (Å²) >= 11 is 5.77. The molecule has 0 aliphatic rings. The van der Waals surface area contributed by atoms with Gasteiger partial charge in [0.05, 0.1) is 49.4 Å². The van der Waals surface area contributed by atoms with Crippen molar-refractivity contribution >= 4 is 51.6 Å². The molecule has 0 spiro atoms. The number of anilines is 4. The molecule has 0 bridgehead atoms. The van der Waals surface area contributed by atoms with Gasteiger partial charge < -0.3 is 15.4 Å². The first-order chi connectivity index (χ1) is 15.5. The van der Waals surface area contributed by atoms with E-state index >= 15 is 0 Å². The number of ether oxygens (including phenoxy) is 1. The first kappa shape index (κ1) is 21.4. The largest absolute Gasteiger partial charge is 0.466 e. The number of benzene rings is 1. The van der Waals surface area contributed by atoms with Crippen molar-refractivity contribution in [2.24, 2.45) is 0 Å². The molecule has 0 saturated heterocycles. The lowest BCUT2D eigenvalue weighted by molar-refractivity contribution is -0.143. The molecule has 0 atom stereocenters. The van der Waals surface area contributed by atoms with Gasteiger partial charge in [-0.25, -0.2) is 14.4 Å². The number of aromatic nitrogens is 5. The van der Waals surface area contributed by atoms with E-state index < -0.39 is 5.82 Å². The Balaban J connectivity index is 1.48. The number of hydrogen-bond donors (Lipinski definition) is 2. The van der Waals surface area contributed by atoms with Crippen LogP contribution in [0.4, 0.5) is 27.5 Å². The summed E-state index contributed by atoms with van der Waals surface area (Å²) in [5.41, 5.74) is 2.11. The highest BCUT2D eigenvalue weighted by Crippen LogP contribution is 2.23. The fraction of sp³-hybridized carbons (Fsp3) is 0.190. The Hall–Kier alpha value is -3.79. The Labute approximate surface area is 187 Å². The van der Waals surface area contributed by atoms with Crippen LogP contribution < -0.4 is 10.6 Å². The van der Waals surface area contributed by atoms with Crippen LogP contribution >= 0.6 is 11.6 Å². The highest BCUT2D eigenvalue weighted by atomic mass is 35.5. The molecule has 0 aliphatic heterocycles. The number of carbonyl (C=O) groups excluding carboxylic acids is 1. The van der Waals surface area contributed by atoms with Crippen LogP contribution in [0.15, 0.2) is 48.9 Å². The molecule has 32 heavy (non-hydrogen) atoms. The highest BCUT2D eigenvalue weighted by Gasteiger charge is 2.10. The third-order valence-corrected chi connectivity index (χ3v) is 4.69. The van der Waals surface area contributed by atoms with Gasteiger partial charge in [-0.3, -0.25) is 9.48 Å². The third kappa shape index (κ3) is 5.09. The topological polar surface area (TPSA) is 107 Å². The lowest BCUT2D eigenvalue weighted by Crippen LogP contribution is -2.09. The molecule has 4 rings (SSSR count). The van der Waals surface area contributed by atoms with Crippen LogP contribution in [0.3, 0.4) is 0 Å². The predicted octanol–water partition coefficient (Wildman–Crippen LogP) is 4.45. The first-order valence-electron chi connectivity index (χ1n) is 9.81. The number of nitrogens with one attached hydrogen (secondary N) is 2. The van der Waals surface area contributed by atoms with Crippen LogP contribution in [0.5, 0.6) is 0 Å². The highest BCUT2D eigenvalue weighted by molar-refractivity contribution is 6.29. The van der Waals surface area contributed by atoms with Gasteiger partial charge in [-0.2, -0.15) is 10.1 Å². The molecule has 0 unspecified atom stereocenters. The maximum Gasteiger partial charge on any atom is 0.307 e. The molecular weight excluding hydrogens is 437 g/mol. The maximum absolute atomic E-state index is 14.2. The summed E-state index contributed by atoms with van der Waals surface area (Å²) in [6.07, 6.45) is 4.50. The third-order valence-electron chi connectivity index (χ3n) is 4.47. The van der Waals surface area contributed by atoms with Crippen LogP contribution in [-0.4, -0.2) is 37.3 Å². The van der Waals surface area contributed by atoms with E-state index in [1.165, 1.54) is 6.20 Å². The number of hydrogen-bond acceptors (Lipinski definition) is 8. The summed E-state index contributed by atoms with van der Waals surface area (Å²) in [6, 6.07) is 8.82. The fourth-order valence-electron chi connectivity index (χ4n) is 3.00. The minimum atomic E-state index is -0.608. The van der Waals surface area contributed by atoms with Crippen molar-refractivity contribution < 1.29 is 13.9 Å². The van der Waals surface area contributed by atoms with Crippen molar-refractivity contribution in [1.29, 1.82) is 0 Å². The summed E-state index contributed by atoms with van der Waals surface area (Å²) < 4.78 is 20.9. The zero-order chi connectivity index (χ0) is 22.5. The molecule has 2 N–H and O–H groups in total. The second-order valence-corrected chi connectivity index (χ2v) is 7.09. The molecule has 0 radical (unpaired) electrons. The van der Waals surface area contributed by atoms with Gasteiger partial charge in [0.1, 0.15) is 5.15 Å². The summed E-state index contributed by atoms with van der Waals surface area (Å²) in [4.78, 5) is 23.7. The molecule has 3 aromatic heterocycles. The number of esters is 1. The number of nitrogens with zero attached hydrogens (tertiary/aromatic N) is 5. The van der Waals surface area contributed by atoms with Gasteiger partial charge in [-0.1, -0.05) is 11.6 Å². The second kappa shape index (κ2) is 9.56. The van der Waals surface area contributed by atoms with Crippen LogP contribution in [0.1, 0.15) is 13.3 Å². The van der Waals surface area contributed by atoms with Crippen molar-refractivity contribution in [2.75, 3.05) is 17.2 Å². The lowest BCUT2D eigenvalue weighted by atomic mass is 10.2. The number of halogens is 2. The van der Waals surface area contributed by atoms with Gasteiger partial charge >= 0.3 is 5.97 Å². The monoisotopic (exact) mass is 455 g/mol. The zero-order valence-electron chi connectivity index (χ0n) is 17.0. The van der Waals surface area contributed by atoms with Crippen molar-refractivity contribution in [2.45, 2.75) is 19.9 Å². The van der Waals surface area contributed by atoms with Crippen molar-refractivity contribution in [3.8, 4) is 0 Å². The van der Waals surface area contributed by atoms with Crippen molar-refractivity contribution in [3.05, 3.63) is 59.9 Å². The molecular formula is C21H19ClFN7O2. The summed E-state index contributed by atoms with van der Waals surface area (Å²) in [6.45, 7) is 2.55. The Bertz CT molecular complexity index is 1250. The molecule has 0 saturated carbocycles. The standard InChI is InChI=1S/C21H19ClFN7O2/c1-2-32-19(31)7-8-30-17-5-3-14(9-13(17)10-26-30)28-21-25-12-16(23)20(29-21)27-15-4-6-18(22)24-11-15/h3-6,9-12H,2,7-8H2,1H3,(H2,25,27,28,29). The smallest absolute Gasteiger partial charge is 0.307 e. The molecule has 4 aromatic rings. The van der Waals surface area contributed by atoms with Gasteiger partial charge in [0.15, 0.2) is 11.6 Å². The van der Waals surface area contributed by atoms with Crippen LogP contribution in [0, 0.1) is 5.82 Å². The van der Waals surface area contributed by atoms with E-state index in [0.29, 0.717) is 29.7 Å². The number of rotatable bonds is 8. The number of aryl methyl sites for hydroxylation is 1. The van der Waals surface area contributed by atoms with Gasteiger partial charge in [0.25, 0.3) is 0 Å². The van der Waals surface area contributed by atoms with Gasteiger partial charge in [-0.05, 0) is 37.3 Å². The Morgan fingerprint density at radius 1 is 1.12 bits per heavy atom. The minimum Gasteiger partial charge on any atom is -0.466 e. The van der Waals surface area contributed by atoms with E-state index in [-0.39, 0.29) is 24.2 Å². The predicted molar refractivity (Wildman–Crippen MR) is 119 cm³/mol. The van der Waals surface area contributed by atoms with Crippen molar-refractivity contribution in [1.82, 2.24) is 24.7 Å². The Kier molecular flexibility index (Phi) is 6.41. The summed E-state index contributed by atoms with van der Waals surface area (Å²) in [5, 5.41) is 11.4. The van der Waals surface area contributed by atoms with E-state index in [1.807, 2.05) is 18.2 Å². The van der Waals surface area contributed by atoms with E-state index in [2.05, 4.69) is 30.7 Å². The normalized spacial score (nSPS) is 10.8. The van der Waals surface area contributed by atoms with Gasteiger partial charge in [0, 0.05) is 11.1 Å². The van der Waals surface area contributed by atoms with E-state index in [9.17, 15) is 9.18 Å². The summed E-state index contributed by atoms with van der Waals surface area (Å²) in [7, 11) is 0. The summed E-state index contributed by atoms with van der Waals surface area (Å²) in [5.74, 6) is -0.658. The zero-order valence-corrected chi connectivity index (χ0v) is 17.8. The second-order valence-electron chi connectivity index (χ2n) is 6.71. The van der Waals surface area contributed by atoms with E-state index in [4.69, 9.17) is 16.3 Å². The molecule has 0 amide bonds. The molecule has 0 aliphatic carbocycles. The van der Waals surface area contributed by atoms with E-state index in [0.717, 1.165) is 17.1 Å². The van der Waals surface area contributed by atoms with E-state index in [1.54, 1.807) is 29.9 Å². The average Bonchev–Trinajstić information content (AvgIpc) is 3.18. The molecule has 9 nitrogen and oxygen atoms in total. The van der Waals surface area contributed by atoms with Crippen LogP contribution in [0.25, 0.3) is 10.9 Å². The molecule has 164 valence electrons. The quantitative estimate of drug-likeness (QED) is 0.296. The SMILES string of the molecule is CCOC(=O)CCn1ncc2cc(Nc3ncc(F)c(Nc4ccc(Cl)nc4)n3)ccc21. The Morgan fingerprint density at radius 3 is 2.75 bits per heavy atom. The first-order valence-corrected chi connectivity index (χ1v) is 10.2. The molecule has 11 heteroatoms. The minimum absolute atomic E-state index is 0.000476. The maximum atomic E-state index is 14.2. The van der Waals surface area contributed by atoms with Gasteiger partial charge in [-0.15, -0.1) is 0 Å². The number of pyridine rings is 1. The fourth-order valence-corrected chi connectivity index (χ4v) is 3.12. The molecule has 3 heterocycles. The lowest BCUT2D eigenvalue weighted by Gasteiger charge is -2.10. The average molecular weight is 456 g/mol. The number of carbonyl (C=O) groups is 1. The van der Waals surface area contributed by atoms with Crippen LogP contribution in [-0.2, 0) is 16.1 Å².